The molecular formula is C15H12ClNO2S. The molecule has 0 aliphatic heterocycles. The second-order valence-electron chi connectivity index (χ2n) is 4.28. The van der Waals surface area contributed by atoms with Crippen molar-refractivity contribution in [1.82, 2.24) is 0 Å². The summed E-state index contributed by atoms with van der Waals surface area (Å²) in [4.78, 5) is 12.5. The van der Waals surface area contributed by atoms with Gasteiger partial charge in [-0.25, -0.2) is 0 Å². The Kier molecular flexibility index (Phi) is 4.43. The summed E-state index contributed by atoms with van der Waals surface area (Å²) in [5, 5.41) is 13.5. The number of thiophene rings is 1. The lowest BCUT2D eigenvalue weighted by atomic mass is 9.91. The molecule has 102 valence electrons. The van der Waals surface area contributed by atoms with Crippen LogP contribution in [0.4, 0.5) is 0 Å². The Morgan fingerprint density at radius 1 is 1.45 bits per heavy atom. The predicted octanol–water partition coefficient (Wildman–Crippen LogP) is 4.21. The average molecular weight is 306 g/mol. The molecule has 1 unspecified atom stereocenters. The summed E-state index contributed by atoms with van der Waals surface area (Å²) >= 11 is 7.40. The number of hydrogen-bond acceptors (Lipinski definition) is 4. The molecule has 1 atom stereocenters. The van der Waals surface area contributed by atoms with E-state index in [0.29, 0.717) is 21.9 Å². The Hall–Kier alpha value is -1.83. The predicted molar refractivity (Wildman–Crippen MR) is 79.7 cm³/mol. The lowest BCUT2D eigenvalue weighted by Crippen LogP contribution is -2.12. The summed E-state index contributed by atoms with van der Waals surface area (Å²) in [6, 6.07) is 6.98. The monoisotopic (exact) mass is 305 g/mol. The minimum absolute atomic E-state index is 0.230. The van der Waals surface area contributed by atoms with Crippen LogP contribution in [0.15, 0.2) is 29.0 Å². The van der Waals surface area contributed by atoms with Gasteiger partial charge in [0.25, 0.3) is 0 Å². The number of benzene rings is 1. The van der Waals surface area contributed by atoms with Gasteiger partial charge in [0, 0.05) is 21.5 Å². The van der Waals surface area contributed by atoms with Gasteiger partial charge < -0.3 is 4.74 Å². The van der Waals surface area contributed by atoms with Gasteiger partial charge in [-0.1, -0.05) is 11.6 Å². The summed E-state index contributed by atoms with van der Waals surface area (Å²) in [6.07, 6.45) is 0. The number of carbonyl (C=O) groups excluding carboxylic acids is 1. The molecule has 20 heavy (non-hydrogen) atoms. The first kappa shape index (κ1) is 14.6. The van der Waals surface area contributed by atoms with Crippen LogP contribution in [-0.2, 0) is 0 Å². The smallest absolute Gasteiger partial charge is 0.185 e. The summed E-state index contributed by atoms with van der Waals surface area (Å²) in [5.41, 5.74) is 1.95. The van der Waals surface area contributed by atoms with E-state index in [1.54, 1.807) is 23.6 Å². The Morgan fingerprint density at radius 3 is 2.75 bits per heavy atom. The molecule has 0 bridgehead atoms. The number of nitriles is 1. The van der Waals surface area contributed by atoms with E-state index >= 15 is 0 Å². The highest BCUT2D eigenvalue weighted by Gasteiger charge is 2.26. The first-order valence-electron chi connectivity index (χ1n) is 5.88. The molecule has 2 rings (SSSR count). The SMILES string of the molecule is COc1ccc(Cl)cc1C(C#N)C(=O)c1cscc1C. The molecule has 0 aliphatic carbocycles. The number of rotatable bonds is 4. The maximum Gasteiger partial charge on any atom is 0.185 e. The Bertz CT molecular complexity index is 687. The number of hydrogen-bond donors (Lipinski definition) is 0. The minimum Gasteiger partial charge on any atom is -0.496 e. The zero-order valence-corrected chi connectivity index (χ0v) is 12.6. The van der Waals surface area contributed by atoms with Crippen LogP contribution >= 0.6 is 22.9 Å². The largest absolute Gasteiger partial charge is 0.496 e. The highest BCUT2D eigenvalue weighted by Crippen LogP contribution is 2.32. The molecule has 0 N–H and O–H groups in total. The van der Waals surface area contributed by atoms with Gasteiger partial charge >= 0.3 is 0 Å². The van der Waals surface area contributed by atoms with Crippen LogP contribution in [0, 0.1) is 18.3 Å². The van der Waals surface area contributed by atoms with Crippen LogP contribution in [0.2, 0.25) is 5.02 Å². The van der Waals surface area contributed by atoms with E-state index in [1.807, 2.05) is 12.3 Å². The van der Waals surface area contributed by atoms with E-state index in [1.165, 1.54) is 18.4 Å². The molecule has 0 fully saturated rings. The number of methoxy groups -OCH3 is 1. The Morgan fingerprint density at radius 2 is 2.20 bits per heavy atom. The Balaban J connectivity index is 2.49. The lowest BCUT2D eigenvalue weighted by Gasteiger charge is -2.13. The number of Topliss-reactive ketones (excluding diaryl/α,β-unsaturated/α-hetero) is 1. The van der Waals surface area contributed by atoms with Crippen molar-refractivity contribution < 1.29 is 9.53 Å². The van der Waals surface area contributed by atoms with Gasteiger partial charge in [-0.05, 0) is 36.1 Å². The third kappa shape index (κ3) is 2.69. The molecule has 0 saturated heterocycles. The van der Waals surface area contributed by atoms with Crippen LogP contribution in [0.5, 0.6) is 5.75 Å². The fourth-order valence-electron chi connectivity index (χ4n) is 1.97. The molecule has 5 heteroatoms. The molecule has 1 aromatic carbocycles. The standard InChI is InChI=1S/C15H12ClNO2S/c1-9-7-20-8-13(9)15(18)12(6-17)11-5-10(16)3-4-14(11)19-2/h3-5,7-8,12H,1-2H3. The number of nitrogens with zero attached hydrogens (tertiary/aromatic N) is 1. The fourth-order valence-corrected chi connectivity index (χ4v) is 2.99. The molecule has 1 aromatic heterocycles. The second-order valence-corrected chi connectivity index (χ2v) is 5.46. The normalized spacial score (nSPS) is 11.7. The summed E-state index contributed by atoms with van der Waals surface area (Å²) < 4.78 is 5.22. The van der Waals surface area contributed by atoms with Crippen molar-refractivity contribution in [2.24, 2.45) is 0 Å². The van der Waals surface area contributed by atoms with E-state index in [2.05, 4.69) is 6.07 Å². The zero-order chi connectivity index (χ0) is 14.7. The summed E-state index contributed by atoms with van der Waals surface area (Å²) in [7, 11) is 1.50. The van der Waals surface area contributed by atoms with Crippen LogP contribution in [-0.4, -0.2) is 12.9 Å². The molecule has 0 spiro atoms. The summed E-state index contributed by atoms with van der Waals surface area (Å²) in [6.45, 7) is 1.85. The second kappa shape index (κ2) is 6.08. The number of carbonyl (C=O) groups is 1. The third-order valence-electron chi connectivity index (χ3n) is 3.02. The van der Waals surface area contributed by atoms with Gasteiger partial charge in [0.1, 0.15) is 11.7 Å². The zero-order valence-electron chi connectivity index (χ0n) is 11.0. The molecule has 3 nitrogen and oxygen atoms in total. The lowest BCUT2D eigenvalue weighted by molar-refractivity contribution is 0.0977. The van der Waals surface area contributed by atoms with Crippen molar-refractivity contribution in [3.05, 3.63) is 50.7 Å². The summed E-state index contributed by atoms with van der Waals surface area (Å²) in [5.74, 6) is -0.661. The first-order chi connectivity index (χ1) is 9.58. The quantitative estimate of drug-likeness (QED) is 0.795. The average Bonchev–Trinajstić information content (AvgIpc) is 2.86. The van der Waals surface area contributed by atoms with Crippen LogP contribution in [0.25, 0.3) is 0 Å². The van der Waals surface area contributed by atoms with Crippen molar-refractivity contribution >= 4 is 28.7 Å². The minimum atomic E-state index is -0.919. The van der Waals surface area contributed by atoms with Crippen molar-refractivity contribution in [1.29, 1.82) is 5.26 Å². The van der Waals surface area contributed by atoms with Crippen molar-refractivity contribution in [2.75, 3.05) is 7.11 Å². The van der Waals surface area contributed by atoms with E-state index in [9.17, 15) is 10.1 Å². The highest BCUT2D eigenvalue weighted by molar-refractivity contribution is 7.08. The van der Waals surface area contributed by atoms with E-state index in [0.717, 1.165) is 5.56 Å². The van der Waals surface area contributed by atoms with Crippen LogP contribution in [0.3, 0.4) is 0 Å². The van der Waals surface area contributed by atoms with Crippen molar-refractivity contribution in [3.63, 3.8) is 0 Å². The molecule has 0 amide bonds. The van der Waals surface area contributed by atoms with Gasteiger partial charge in [-0.15, -0.1) is 0 Å². The van der Waals surface area contributed by atoms with Gasteiger partial charge in [-0.2, -0.15) is 16.6 Å². The molecular weight excluding hydrogens is 294 g/mol. The molecule has 0 radical (unpaired) electrons. The van der Waals surface area contributed by atoms with Crippen LogP contribution in [0.1, 0.15) is 27.4 Å². The Labute approximate surface area is 126 Å². The first-order valence-corrected chi connectivity index (χ1v) is 7.20. The van der Waals surface area contributed by atoms with Crippen LogP contribution < -0.4 is 4.74 Å². The number of halogens is 1. The number of aryl methyl sites for hydroxylation is 1. The number of ether oxygens (including phenoxy) is 1. The maximum atomic E-state index is 12.5. The van der Waals surface area contributed by atoms with E-state index < -0.39 is 5.92 Å². The maximum absolute atomic E-state index is 12.5. The third-order valence-corrected chi connectivity index (χ3v) is 4.11. The van der Waals surface area contributed by atoms with E-state index in [-0.39, 0.29) is 5.78 Å². The molecule has 0 aliphatic rings. The van der Waals surface area contributed by atoms with Gasteiger partial charge in [0.15, 0.2) is 5.78 Å². The molecule has 1 heterocycles. The topological polar surface area (TPSA) is 50.1 Å². The fraction of sp³-hybridized carbons (Fsp3) is 0.200. The molecule has 2 aromatic rings. The molecule has 0 saturated carbocycles. The van der Waals surface area contributed by atoms with Gasteiger partial charge in [-0.3, -0.25) is 4.79 Å². The number of ketones is 1. The highest BCUT2D eigenvalue weighted by atomic mass is 35.5. The van der Waals surface area contributed by atoms with Crippen molar-refractivity contribution in [3.8, 4) is 11.8 Å². The van der Waals surface area contributed by atoms with Gasteiger partial charge in [0.2, 0.25) is 0 Å². The van der Waals surface area contributed by atoms with Gasteiger partial charge in [0.05, 0.1) is 13.2 Å². The van der Waals surface area contributed by atoms with Crippen molar-refractivity contribution in [2.45, 2.75) is 12.8 Å². The van der Waals surface area contributed by atoms with E-state index in [4.69, 9.17) is 16.3 Å².